The molecule has 2 atom stereocenters. The number of hydrogen-bond donors (Lipinski definition) is 2. The van der Waals surface area contributed by atoms with Gasteiger partial charge in [0, 0.05) is 21.5 Å². The van der Waals surface area contributed by atoms with E-state index in [-0.39, 0.29) is 17.9 Å². The van der Waals surface area contributed by atoms with Crippen LogP contribution in [0.2, 0.25) is 5.02 Å². The van der Waals surface area contributed by atoms with E-state index in [2.05, 4.69) is 9.97 Å². The van der Waals surface area contributed by atoms with Crippen LogP contribution in [0.4, 0.5) is 13.2 Å². The lowest BCUT2D eigenvalue weighted by Crippen LogP contribution is -2.32. The molecule has 12 heteroatoms. The summed E-state index contributed by atoms with van der Waals surface area (Å²) in [7, 11) is 0. The number of rotatable bonds is 8. The molecule has 2 aromatic heterocycles. The normalized spacial score (nSPS) is 15.3. The largest absolute Gasteiger partial charge is 0.501 e. The second-order valence-corrected chi connectivity index (χ2v) is 10.6. The molecule has 0 spiro atoms. The van der Waals surface area contributed by atoms with Crippen LogP contribution in [0.25, 0.3) is 26.9 Å². The van der Waals surface area contributed by atoms with Crippen LogP contribution in [0.3, 0.4) is 0 Å². The molecule has 0 radical (unpaired) electrons. The van der Waals surface area contributed by atoms with Gasteiger partial charge < -0.3 is 20.3 Å². The maximum Gasteiger partial charge on any atom is 0.429 e. The lowest BCUT2D eigenvalue weighted by Gasteiger charge is -2.25. The minimum absolute atomic E-state index is 0.0904. The average molecular weight is 590 g/mol. The van der Waals surface area contributed by atoms with E-state index in [1.807, 2.05) is 0 Å². The molecule has 0 saturated heterocycles. The highest BCUT2D eigenvalue weighted by molar-refractivity contribution is 7.18. The summed E-state index contributed by atoms with van der Waals surface area (Å²) in [5.74, 6) is -1.29. The maximum absolute atomic E-state index is 14.5. The highest BCUT2D eigenvalue weighted by Crippen LogP contribution is 2.44. The Labute approximate surface area is 236 Å². The van der Waals surface area contributed by atoms with Gasteiger partial charge in [-0.3, -0.25) is 4.79 Å². The van der Waals surface area contributed by atoms with Crippen LogP contribution in [0, 0.1) is 0 Å². The van der Waals surface area contributed by atoms with Crippen molar-refractivity contribution in [3.8, 4) is 17.0 Å². The van der Waals surface area contributed by atoms with Crippen LogP contribution in [0.5, 0.6) is 5.88 Å². The van der Waals surface area contributed by atoms with Crippen molar-refractivity contribution in [2.75, 3.05) is 6.61 Å². The molecule has 4 aromatic rings. The van der Waals surface area contributed by atoms with E-state index in [4.69, 9.17) is 31.9 Å². The first-order valence-electron chi connectivity index (χ1n) is 12.3. The molecule has 2 unspecified atom stereocenters. The Morgan fingerprint density at radius 1 is 1.18 bits per heavy atom. The van der Waals surface area contributed by atoms with Crippen LogP contribution in [0.15, 0.2) is 60.4 Å². The first-order chi connectivity index (χ1) is 19.1. The Hall–Kier alpha value is -3.67. The average Bonchev–Trinajstić information content (AvgIpc) is 3.37. The predicted octanol–water partition coefficient (Wildman–Crippen LogP) is 6.80. The highest BCUT2D eigenvalue weighted by atomic mass is 35.5. The number of benzene rings is 2. The van der Waals surface area contributed by atoms with Gasteiger partial charge in [0.05, 0.1) is 18.4 Å². The van der Waals surface area contributed by atoms with Gasteiger partial charge in [-0.05, 0) is 53.7 Å². The zero-order valence-electron chi connectivity index (χ0n) is 20.8. The number of carboxylic acids is 1. The molecule has 3 heterocycles. The van der Waals surface area contributed by atoms with Crippen molar-refractivity contribution in [2.24, 2.45) is 5.73 Å². The Morgan fingerprint density at radius 2 is 1.95 bits per heavy atom. The third-order valence-corrected chi connectivity index (χ3v) is 7.66. The number of ether oxygens (including phenoxy) is 2. The first-order valence-corrected chi connectivity index (χ1v) is 13.5. The van der Waals surface area contributed by atoms with Crippen molar-refractivity contribution in [2.45, 2.75) is 37.6 Å². The van der Waals surface area contributed by atoms with Gasteiger partial charge in [0.2, 0.25) is 12.0 Å². The third kappa shape index (κ3) is 5.91. The fraction of sp³-hybridized carbons (Fsp3) is 0.250. The van der Waals surface area contributed by atoms with Crippen molar-refractivity contribution < 1.29 is 32.5 Å². The van der Waals surface area contributed by atoms with E-state index in [1.54, 1.807) is 29.6 Å². The van der Waals surface area contributed by atoms with Crippen LogP contribution < -0.4 is 10.5 Å². The third-order valence-electron chi connectivity index (χ3n) is 6.46. The van der Waals surface area contributed by atoms with Crippen molar-refractivity contribution in [1.29, 1.82) is 0 Å². The van der Waals surface area contributed by atoms with E-state index >= 15 is 0 Å². The second-order valence-electron chi connectivity index (χ2n) is 9.24. The lowest BCUT2D eigenvalue weighted by molar-refractivity contribution is -0.198. The Bertz CT molecular complexity index is 1570. The number of thiophene rings is 1. The predicted molar refractivity (Wildman–Crippen MR) is 146 cm³/mol. The van der Waals surface area contributed by atoms with Crippen molar-refractivity contribution >= 4 is 44.7 Å². The molecule has 7 nitrogen and oxygen atoms in total. The number of nitrogens with two attached hydrogens (primary N) is 1. The van der Waals surface area contributed by atoms with Crippen LogP contribution in [-0.2, 0) is 16.0 Å². The molecule has 0 bridgehead atoms. The maximum atomic E-state index is 14.5. The molecule has 0 fully saturated rings. The van der Waals surface area contributed by atoms with E-state index in [0.29, 0.717) is 51.4 Å². The number of hydrogen-bond acceptors (Lipinski definition) is 7. The fourth-order valence-corrected chi connectivity index (χ4v) is 5.63. The number of nitrogens with zero attached hydrogens (tertiary/aromatic N) is 2. The van der Waals surface area contributed by atoms with Gasteiger partial charge in [-0.25, -0.2) is 9.97 Å². The van der Waals surface area contributed by atoms with Gasteiger partial charge in [0.1, 0.15) is 17.1 Å². The number of halogens is 4. The zero-order valence-corrected chi connectivity index (χ0v) is 22.4. The molecule has 5 rings (SSSR count). The molecular formula is C28H23ClF3N3O4S. The SMILES string of the molecule is NC(Cc1ccc(-c2csc3c(OC(c4ccc(Cl)cc4C4=COCCC4)C(F)(F)F)ncnc23)cc1)C(=O)O. The number of carboxylic acid groups (broad SMARTS) is 1. The molecule has 0 amide bonds. The minimum atomic E-state index is -4.76. The van der Waals surface area contributed by atoms with Gasteiger partial charge in [-0.1, -0.05) is 41.9 Å². The summed E-state index contributed by atoms with van der Waals surface area (Å²) in [5.41, 5.74) is 9.06. The van der Waals surface area contributed by atoms with E-state index in [1.165, 1.54) is 42.1 Å². The monoisotopic (exact) mass is 589 g/mol. The topological polar surface area (TPSA) is 108 Å². The van der Waals surface area contributed by atoms with Crippen molar-refractivity contribution in [1.82, 2.24) is 9.97 Å². The van der Waals surface area contributed by atoms with Crippen LogP contribution in [-0.4, -0.2) is 39.9 Å². The molecule has 1 aliphatic heterocycles. The summed E-state index contributed by atoms with van der Waals surface area (Å²) in [6, 6.07) is 10.3. The molecule has 0 aliphatic carbocycles. The summed E-state index contributed by atoms with van der Waals surface area (Å²) in [5, 5.41) is 11.1. The number of carbonyl (C=O) groups is 1. The number of alkyl halides is 3. The lowest BCUT2D eigenvalue weighted by atomic mass is 9.93. The molecule has 2 aromatic carbocycles. The molecule has 3 N–H and O–H groups in total. The van der Waals surface area contributed by atoms with Gasteiger partial charge in [-0.2, -0.15) is 13.2 Å². The number of aliphatic carboxylic acids is 1. The molecule has 0 saturated carbocycles. The summed E-state index contributed by atoms with van der Waals surface area (Å²) in [6.45, 7) is 0.497. The smallest absolute Gasteiger partial charge is 0.429 e. The Morgan fingerprint density at radius 3 is 2.62 bits per heavy atom. The van der Waals surface area contributed by atoms with Crippen molar-refractivity contribution in [3.05, 3.63) is 82.1 Å². The van der Waals surface area contributed by atoms with E-state index in [9.17, 15) is 18.0 Å². The number of fused-ring (bicyclic) bond motifs is 1. The first kappa shape index (κ1) is 27.9. The number of aromatic nitrogens is 2. The van der Waals surface area contributed by atoms with Gasteiger partial charge in [0.15, 0.2) is 0 Å². The summed E-state index contributed by atoms with van der Waals surface area (Å²) < 4.78 is 54.9. The molecule has 1 aliphatic rings. The zero-order chi connectivity index (χ0) is 28.4. The van der Waals surface area contributed by atoms with Gasteiger partial charge >= 0.3 is 12.1 Å². The van der Waals surface area contributed by atoms with E-state index < -0.39 is 24.3 Å². The van der Waals surface area contributed by atoms with Crippen LogP contribution >= 0.6 is 22.9 Å². The standard InChI is InChI=1S/C28H23ClF3N3O4S/c29-18-7-8-19(20(11-18)17-2-1-9-38-12-17)25(28(30,31)32)39-26-24-23(34-14-35-26)21(13-40-24)16-5-3-15(4-6-16)10-22(33)27(36)37/h3-8,11-14,22,25H,1-2,9-10,33H2,(H,36,37). The number of allylic oxidation sites excluding steroid dienone is 1. The van der Waals surface area contributed by atoms with Gasteiger partial charge in [-0.15, -0.1) is 11.3 Å². The molecule has 40 heavy (non-hydrogen) atoms. The quantitative estimate of drug-likeness (QED) is 0.233. The summed E-state index contributed by atoms with van der Waals surface area (Å²) in [4.78, 5) is 19.4. The van der Waals surface area contributed by atoms with Crippen molar-refractivity contribution in [3.63, 3.8) is 0 Å². The Balaban J connectivity index is 1.50. The fourth-order valence-electron chi connectivity index (χ4n) is 4.50. The van der Waals surface area contributed by atoms with Gasteiger partial charge in [0.25, 0.3) is 0 Å². The molecule has 208 valence electrons. The molecular weight excluding hydrogens is 567 g/mol. The summed E-state index contributed by atoms with van der Waals surface area (Å²) >= 11 is 7.33. The second kappa shape index (κ2) is 11.4. The van der Waals surface area contributed by atoms with E-state index in [0.717, 1.165) is 11.1 Å². The minimum Gasteiger partial charge on any atom is -0.501 e. The highest BCUT2D eigenvalue weighted by Gasteiger charge is 2.45. The Kier molecular flexibility index (Phi) is 7.97. The van der Waals surface area contributed by atoms with Crippen LogP contribution in [0.1, 0.15) is 35.6 Å². The summed E-state index contributed by atoms with van der Waals surface area (Å²) in [6.07, 6.45) is -3.05.